The van der Waals surface area contributed by atoms with E-state index in [9.17, 15) is 9.90 Å². The molecule has 1 fully saturated rings. The molecule has 0 unspecified atom stereocenters. The topological polar surface area (TPSA) is 78.0 Å². The molecule has 1 aromatic rings. The second-order valence-corrected chi connectivity index (χ2v) is 4.39. The second kappa shape index (κ2) is 4.65. The maximum Gasteiger partial charge on any atom is 0.254 e. The van der Waals surface area contributed by atoms with Crippen molar-refractivity contribution < 1.29 is 9.90 Å². The number of aliphatic hydroxyl groups is 1. The molecule has 0 aliphatic heterocycles. The van der Waals surface area contributed by atoms with Gasteiger partial charge in [0.1, 0.15) is 0 Å². The molecule has 5 heteroatoms. The van der Waals surface area contributed by atoms with Crippen LogP contribution >= 0.6 is 0 Å². The van der Waals surface area contributed by atoms with Crippen LogP contribution < -0.4 is 5.32 Å². The van der Waals surface area contributed by atoms with Crippen LogP contribution in [0.25, 0.3) is 0 Å². The average Bonchev–Trinajstić information content (AvgIpc) is 2.68. The van der Waals surface area contributed by atoms with Gasteiger partial charge in [-0.1, -0.05) is 0 Å². The van der Waals surface area contributed by atoms with Crippen molar-refractivity contribution in [3.8, 4) is 0 Å². The zero-order valence-corrected chi connectivity index (χ0v) is 9.36. The first-order valence-corrected chi connectivity index (χ1v) is 5.65. The summed E-state index contributed by atoms with van der Waals surface area (Å²) in [5, 5.41) is 18.9. The molecule has 0 spiro atoms. The van der Waals surface area contributed by atoms with Crippen molar-refractivity contribution in [2.24, 2.45) is 0 Å². The molecule has 2 rings (SSSR count). The first-order valence-electron chi connectivity index (χ1n) is 5.65. The van der Waals surface area contributed by atoms with Crippen LogP contribution in [0.2, 0.25) is 0 Å². The second-order valence-electron chi connectivity index (χ2n) is 4.39. The van der Waals surface area contributed by atoms with Crippen molar-refractivity contribution in [2.45, 2.75) is 44.8 Å². The Kier molecular flexibility index (Phi) is 3.24. The summed E-state index contributed by atoms with van der Waals surface area (Å²) in [6, 6.07) is 0.185. The van der Waals surface area contributed by atoms with E-state index in [2.05, 4.69) is 15.5 Å². The Morgan fingerprint density at radius 3 is 2.75 bits per heavy atom. The van der Waals surface area contributed by atoms with Crippen molar-refractivity contribution >= 4 is 5.91 Å². The zero-order chi connectivity index (χ0) is 11.5. The lowest BCUT2D eigenvalue weighted by Crippen LogP contribution is -2.38. The number of aliphatic hydroxyl groups excluding tert-OH is 1. The number of nitrogens with one attached hydrogen (secondary N) is 2. The minimum atomic E-state index is -0.191. The van der Waals surface area contributed by atoms with Crippen LogP contribution in [-0.2, 0) is 0 Å². The van der Waals surface area contributed by atoms with Crippen molar-refractivity contribution in [1.82, 2.24) is 15.5 Å². The summed E-state index contributed by atoms with van der Waals surface area (Å²) in [6.45, 7) is 1.83. The van der Waals surface area contributed by atoms with E-state index in [1.54, 1.807) is 6.20 Å². The third-order valence-corrected chi connectivity index (χ3v) is 3.11. The third kappa shape index (κ3) is 2.41. The van der Waals surface area contributed by atoms with E-state index >= 15 is 0 Å². The van der Waals surface area contributed by atoms with Gasteiger partial charge < -0.3 is 10.4 Å². The fourth-order valence-corrected chi connectivity index (χ4v) is 2.06. The minimum absolute atomic E-state index is 0.0763. The summed E-state index contributed by atoms with van der Waals surface area (Å²) in [6.07, 6.45) is 4.60. The van der Waals surface area contributed by atoms with Crippen molar-refractivity contribution in [1.29, 1.82) is 0 Å². The molecule has 1 heterocycles. The summed E-state index contributed by atoms with van der Waals surface area (Å²) in [5.41, 5.74) is 1.39. The first-order chi connectivity index (χ1) is 7.66. The number of hydrogen-bond donors (Lipinski definition) is 3. The molecule has 0 radical (unpaired) electrons. The number of amides is 1. The van der Waals surface area contributed by atoms with Gasteiger partial charge in [-0.05, 0) is 32.6 Å². The smallest absolute Gasteiger partial charge is 0.254 e. The summed E-state index contributed by atoms with van der Waals surface area (Å²) in [4.78, 5) is 11.8. The predicted octanol–water partition coefficient (Wildman–Crippen LogP) is 0.751. The average molecular weight is 223 g/mol. The van der Waals surface area contributed by atoms with Gasteiger partial charge in [-0.25, -0.2) is 0 Å². The highest BCUT2D eigenvalue weighted by molar-refractivity contribution is 5.95. The molecule has 1 amide bonds. The molecule has 16 heavy (non-hydrogen) atoms. The van der Waals surface area contributed by atoms with Gasteiger partial charge in [-0.3, -0.25) is 9.89 Å². The van der Waals surface area contributed by atoms with Gasteiger partial charge in [0, 0.05) is 11.7 Å². The van der Waals surface area contributed by atoms with Crippen LogP contribution in [0.4, 0.5) is 0 Å². The van der Waals surface area contributed by atoms with Gasteiger partial charge in [-0.2, -0.15) is 5.10 Å². The zero-order valence-electron chi connectivity index (χ0n) is 9.36. The molecule has 0 aromatic carbocycles. The molecule has 5 nitrogen and oxygen atoms in total. The number of rotatable bonds is 2. The van der Waals surface area contributed by atoms with Crippen molar-refractivity contribution in [3.63, 3.8) is 0 Å². The van der Waals surface area contributed by atoms with Crippen LogP contribution in [0.1, 0.15) is 41.7 Å². The molecule has 88 valence electrons. The van der Waals surface area contributed by atoms with Gasteiger partial charge in [0.25, 0.3) is 5.91 Å². The number of carbonyl (C=O) groups is 1. The Morgan fingerprint density at radius 1 is 1.50 bits per heavy atom. The van der Waals surface area contributed by atoms with Crippen molar-refractivity contribution in [3.05, 3.63) is 17.5 Å². The number of carbonyl (C=O) groups excluding carboxylic acids is 1. The fourth-order valence-electron chi connectivity index (χ4n) is 2.06. The molecule has 0 bridgehead atoms. The summed E-state index contributed by atoms with van der Waals surface area (Å²) in [7, 11) is 0. The third-order valence-electron chi connectivity index (χ3n) is 3.11. The molecule has 1 aliphatic carbocycles. The maximum atomic E-state index is 11.8. The SMILES string of the molecule is Cc1[nH]ncc1C(=O)NC1CCC(O)CC1. The van der Waals surface area contributed by atoms with Crippen LogP contribution in [-0.4, -0.2) is 33.4 Å². The van der Waals surface area contributed by atoms with E-state index in [4.69, 9.17) is 0 Å². The Labute approximate surface area is 94.2 Å². The van der Waals surface area contributed by atoms with E-state index < -0.39 is 0 Å². The minimum Gasteiger partial charge on any atom is -0.393 e. The molecule has 1 aliphatic rings. The molecular formula is C11H17N3O2. The predicted molar refractivity (Wildman–Crippen MR) is 59.1 cm³/mol. The quantitative estimate of drug-likeness (QED) is 0.692. The first kappa shape index (κ1) is 11.1. The highest BCUT2D eigenvalue weighted by Crippen LogP contribution is 2.18. The van der Waals surface area contributed by atoms with E-state index in [-0.39, 0.29) is 18.1 Å². The number of nitrogens with zero attached hydrogens (tertiary/aromatic N) is 1. The Balaban J connectivity index is 1.91. The normalized spacial score (nSPS) is 25.4. The standard InChI is InChI=1S/C11H17N3O2/c1-7-10(6-12-14-7)11(16)13-8-2-4-9(15)5-3-8/h6,8-9,15H,2-5H2,1H3,(H,12,14)(H,13,16). The summed E-state index contributed by atoms with van der Waals surface area (Å²) in [5.74, 6) is -0.0763. The number of aromatic nitrogens is 2. The Morgan fingerprint density at radius 2 is 2.19 bits per heavy atom. The van der Waals surface area contributed by atoms with Gasteiger partial charge in [0.2, 0.25) is 0 Å². The lowest BCUT2D eigenvalue weighted by molar-refractivity contribution is 0.0867. The lowest BCUT2D eigenvalue weighted by atomic mass is 9.93. The van der Waals surface area contributed by atoms with Crippen LogP contribution in [0.3, 0.4) is 0 Å². The molecule has 3 N–H and O–H groups in total. The number of aromatic amines is 1. The van der Waals surface area contributed by atoms with Gasteiger partial charge in [-0.15, -0.1) is 0 Å². The monoisotopic (exact) mass is 223 g/mol. The van der Waals surface area contributed by atoms with Crippen LogP contribution in [0.5, 0.6) is 0 Å². The Bertz CT molecular complexity index is 367. The highest BCUT2D eigenvalue weighted by atomic mass is 16.3. The molecule has 0 atom stereocenters. The summed E-state index contributed by atoms with van der Waals surface area (Å²) >= 11 is 0. The van der Waals surface area contributed by atoms with Gasteiger partial charge >= 0.3 is 0 Å². The van der Waals surface area contributed by atoms with Gasteiger partial charge in [0.05, 0.1) is 17.9 Å². The molecule has 1 aromatic heterocycles. The maximum absolute atomic E-state index is 11.8. The number of aryl methyl sites for hydroxylation is 1. The fraction of sp³-hybridized carbons (Fsp3) is 0.636. The van der Waals surface area contributed by atoms with Crippen molar-refractivity contribution in [2.75, 3.05) is 0 Å². The number of hydrogen-bond acceptors (Lipinski definition) is 3. The van der Waals surface area contributed by atoms with Crippen LogP contribution in [0.15, 0.2) is 6.20 Å². The Hall–Kier alpha value is -1.36. The van der Waals surface area contributed by atoms with E-state index in [0.29, 0.717) is 5.56 Å². The molecule has 1 saturated carbocycles. The number of H-pyrrole nitrogens is 1. The summed E-state index contributed by atoms with van der Waals surface area (Å²) < 4.78 is 0. The molecule has 0 saturated heterocycles. The highest BCUT2D eigenvalue weighted by Gasteiger charge is 2.22. The largest absolute Gasteiger partial charge is 0.393 e. The van der Waals surface area contributed by atoms with E-state index in [1.807, 2.05) is 6.92 Å². The van der Waals surface area contributed by atoms with Crippen LogP contribution in [0, 0.1) is 6.92 Å². The van der Waals surface area contributed by atoms with E-state index in [0.717, 1.165) is 31.4 Å². The lowest BCUT2D eigenvalue weighted by Gasteiger charge is -2.26. The van der Waals surface area contributed by atoms with Gasteiger partial charge in [0.15, 0.2) is 0 Å². The molecular weight excluding hydrogens is 206 g/mol. The van der Waals surface area contributed by atoms with E-state index in [1.165, 1.54) is 0 Å².